The molecule has 0 saturated heterocycles. The second kappa shape index (κ2) is 7.35. The van der Waals surface area contributed by atoms with E-state index < -0.39 is 5.51 Å². The first-order valence-corrected chi connectivity index (χ1v) is 5.97. The summed E-state index contributed by atoms with van der Waals surface area (Å²) in [6.07, 6.45) is 0. The molecular formula is C9H19F3N2S. The molecule has 0 fully saturated rings. The Hall–Kier alpha value is 0.0600. The second-order valence-corrected chi connectivity index (χ2v) is 4.94. The first-order valence-electron chi connectivity index (χ1n) is 4.98. The number of nitrogens with two attached hydrogens (primary N) is 1. The Bertz CT molecular complexity index is 162. The average molecular weight is 244 g/mol. The van der Waals surface area contributed by atoms with Crippen molar-refractivity contribution in [3.05, 3.63) is 0 Å². The lowest BCUT2D eigenvalue weighted by Gasteiger charge is -2.23. The maximum atomic E-state index is 11.9. The fourth-order valence-electron chi connectivity index (χ4n) is 1.28. The number of thioether (sulfide) groups is 1. The predicted octanol–water partition coefficient (Wildman–Crippen LogP) is 2.16. The summed E-state index contributed by atoms with van der Waals surface area (Å²) in [6.45, 7) is 6.48. The fraction of sp³-hybridized carbons (Fsp3) is 1.00. The molecule has 0 aliphatic heterocycles. The van der Waals surface area contributed by atoms with E-state index in [0.29, 0.717) is 25.6 Å². The van der Waals surface area contributed by atoms with E-state index in [1.54, 1.807) is 0 Å². The lowest BCUT2D eigenvalue weighted by atomic mass is 10.2. The van der Waals surface area contributed by atoms with Gasteiger partial charge >= 0.3 is 5.51 Å². The van der Waals surface area contributed by atoms with Crippen molar-refractivity contribution in [2.75, 3.05) is 31.9 Å². The number of hydrogen-bond donors (Lipinski definition) is 1. The summed E-state index contributed by atoms with van der Waals surface area (Å²) in [7, 11) is 0. The molecule has 0 radical (unpaired) electrons. The zero-order valence-corrected chi connectivity index (χ0v) is 10.00. The highest BCUT2D eigenvalue weighted by molar-refractivity contribution is 8.00. The van der Waals surface area contributed by atoms with Gasteiger partial charge in [0.25, 0.3) is 0 Å². The van der Waals surface area contributed by atoms with Crippen molar-refractivity contribution in [3.8, 4) is 0 Å². The molecule has 0 bridgehead atoms. The van der Waals surface area contributed by atoms with Crippen LogP contribution in [0.5, 0.6) is 0 Å². The molecule has 2 N–H and O–H groups in total. The van der Waals surface area contributed by atoms with Gasteiger partial charge in [-0.2, -0.15) is 13.2 Å². The zero-order valence-electron chi connectivity index (χ0n) is 9.18. The number of rotatable bonds is 7. The molecular weight excluding hydrogens is 225 g/mol. The van der Waals surface area contributed by atoms with Crippen molar-refractivity contribution >= 4 is 11.8 Å². The van der Waals surface area contributed by atoms with Crippen molar-refractivity contribution < 1.29 is 13.2 Å². The summed E-state index contributed by atoms with van der Waals surface area (Å²) in [4.78, 5) is 1.98. The summed E-state index contributed by atoms with van der Waals surface area (Å²) in [5.74, 6) is 0.531. The largest absolute Gasteiger partial charge is 0.441 e. The summed E-state index contributed by atoms with van der Waals surface area (Å²) in [5.41, 5.74) is 1.27. The highest BCUT2D eigenvalue weighted by atomic mass is 32.2. The third-order valence-corrected chi connectivity index (χ3v) is 2.46. The van der Waals surface area contributed by atoms with Crippen LogP contribution in [0, 0.1) is 5.92 Å². The minimum Gasteiger partial charge on any atom is -0.329 e. The molecule has 0 aliphatic carbocycles. The molecule has 0 saturated carbocycles. The molecule has 0 atom stereocenters. The predicted molar refractivity (Wildman–Crippen MR) is 58.8 cm³/mol. The molecule has 6 heteroatoms. The van der Waals surface area contributed by atoms with Crippen LogP contribution >= 0.6 is 11.8 Å². The van der Waals surface area contributed by atoms with E-state index in [9.17, 15) is 13.2 Å². The topological polar surface area (TPSA) is 29.3 Å². The van der Waals surface area contributed by atoms with Crippen LogP contribution in [0.1, 0.15) is 13.8 Å². The van der Waals surface area contributed by atoms with Crippen LogP contribution in [-0.2, 0) is 0 Å². The van der Waals surface area contributed by atoms with Crippen LogP contribution in [0.4, 0.5) is 13.2 Å². The first-order chi connectivity index (χ1) is 6.85. The van der Waals surface area contributed by atoms with E-state index in [0.717, 1.165) is 6.54 Å². The lowest BCUT2D eigenvalue weighted by molar-refractivity contribution is -0.0328. The number of alkyl halides is 3. The van der Waals surface area contributed by atoms with Gasteiger partial charge in [-0.1, -0.05) is 13.8 Å². The van der Waals surface area contributed by atoms with Gasteiger partial charge in [0.15, 0.2) is 0 Å². The van der Waals surface area contributed by atoms with E-state index in [4.69, 9.17) is 5.73 Å². The quantitative estimate of drug-likeness (QED) is 0.744. The van der Waals surface area contributed by atoms with Crippen LogP contribution in [0.15, 0.2) is 0 Å². The summed E-state index contributed by atoms with van der Waals surface area (Å²) >= 11 is 0.0324. The van der Waals surface area contributed by atoms with E-state index in [1.165, 1.54) is 0 Å². The summed E-state index contributed by atoms with van der Waals surface area (Å²) < 4.78 is 35.6. The molecule has 0 aromatic carbocycles. The van der Waals surface area contributed by atoms with Gasteiger partial charge in [0.1, 0.15) is 0 Å². The molecule has 0 amide bonds. The van der Waals surface area contributed by atoms with Gasteiger partial charge in [0, 0.05) is 31.9 Å². The van der Waals surface area contributed by atoms with Crippen molar-refractivity contribution in [1.82, 2.24) is 4.90 Å². The fourth-order valence-corrected chi connectivity index (χ4v) is 1.86. The average Bonchev–Trinajstić information content (AvgIpc) is 2.00. The highest BCUT2D eigenvalue weighted by Gasteiger charge is 2.27. The molecule has 0 aromatic rings. The Balaban J connectivity index is 3.75. The third-order valence-electron chi connectivity index (χ3n) is 1.74. The zero-order chi connectivity index (χ0) is 11.9. The van der Waals surface area contributed by atoms with Gasteiger partial charge in [-0.25, -0.2) is 0 Å². The normalized spacial score (nSPS) is 12.8. The molecule has 0 aliphatic rings. The van der Waals surface area contributed by atoms with Gasteiger partial charge in [-0.3, -0.25) is 0 Å². The monoisotopic (exact) mass is 244 g/mol. The van der Waals surface area contributed by atoms with E-state index in [-0.39, 0.29) is 17.5 Å². The van der Waals surface area contributed by atoms with Crippen LogP contribution in [0.2, 0.25) is 0 Å². The van der Waals surface area contributed by atoms with Crippen molar-refractivity contribution in [2.24, 2.45) is 11.7 Å². The molecule has 15 heavy (non-hydrogen) atoms. The minimum atomic E-state index is -4.12. The molecule has 0 rings (SSSR count). The Morgan fingerprint density at radius 1 is 1.27 bits per heavy atom. The van der Waals surface area contributed by atoms with Crippen molar-refractivity contribution in [3.63, 3.8) is 0 Å². The van der Waals surface area contributed by atoms with E-state index in [2.05, 4.69) is 0 Å². The number of nitrogens with zero attached hydrogens (tertiary/aromatic N) is 1. The van der Waals surface area contributed by atoms with Crippen LogP contribution in [-0.4, -0.2) is 42.3 Å². The molecule has 92 valence electrons. The van der Waals surface area contributed by atoms with Gasteiger partial charge in [-0.15, -0.1) is 0 Å². The van der Waals surface area contributed by atoms with Crippen LogP contribution < -0.4 is 5.73 Å². The maximum absolute atomic E-state index is 11.9. The molecule has 0 spiro atoms. The Kier molecular flexibility index (Phi) is 7.38. The standard InChI is InChI=1S/C9H19F3N2S/c1-8(2)7-14(4-3-13)5-6-15-9(10,11)12/h8H,3-7,13H2,1-2H3. The SMILES string of the molecule is CC(C)CN(CCN)CCSC(F)(F)F. The molecule has 0 unspecified atom stereocenters. The lowest BCUT2D eigenvalue weighted by Crippen LogP contribution is -2.34. The molecule has 0 heterocycles. The summed E-state index contributed by atoms with van der Waals surface area (Å²) in [6, 6.07) is 0. The van der Waals surface area contributed by atoms with Gasteiger partial charge in [-0.05, 0) is 17.7 Å². The Morgan fingerprint density at radius 2 is 1.87 bits per heavy atom. The number of hydrogen-bond acceptors (Lipinski definition) is 3. The Labute approximate surface area is 93.4 Å². The summed E-state index contributed by atoms with van der Waals surface area (Å²) in [5, 5.41) is 0. The second-order valence-electron chi connectivity index (χ2n) is 3.78. The molecule has 0 aromatic heterocycles. The first kappa shape index (κ1) is 15.1. The molecule has 2 nitrogen and oxygen atoms in total. The van der Waals surface area contributed by atoms with Crippen LogP contribution in [0.25, 0.3) is 0 Å². The highest BCUT2D eigenvalue weighted by Crippen LogP contribution is 2.29. The van der Waals surface area contributed by atoms with Gasteiger partial charge in [0.2, 0.25) is 0 Å². The smallest absolute Gasteiger partial charge is 0.329 e. The van der Waals surface area contributed by atoms with Gasteiger partial charge in [0.05, 0.1) is 0 Å². The Morgan fingerprint density at radius 3 is 2.27 bits per heavy atom. The van der Waals surface area contributed by atoms with Crippen molar-refractivity contribution in [2.45, 2.75) is 19.4 Å². The minimum absolute atomic E-state index is 0.0324. The van der Waals surface area contributed by atoms with Crippen molar-refractivity contribution in [1.29, 1.82) is 0 Å². The van der Waals surface area contributed by atoms with E-state index >= 15 is 0 Å². The number of halogens is 3. The van der Waals surface area contributed by atoms with Crippen LogP contribution in [0.3, 0.4) is 0 Å². The van der Waals surface area contributed by atoms with Gasteiger partial charge < -0.3 is 10.6 Å². The maximum Gasteiger partial charge on any atom is 0.441 e. The van der Waals surface area contributed by atoms with E-state index in [1.807, 2.05) is 18.7 Å². The third kappa shape index (κ3) is 10.3.